The van der Waals surface area contributed by atoms with Gasteiger partial charge in [0, 0.05) is 12.6 Å². The largest absolute Gasteiger partial charge is 0.368 e. The molecule has 0 saturated carbocycles. The van der Waals surface area contributed by atoms with E-state index in [9.17, 15) is 14.4 Å². The van der Waals surface area contributed by atoms with Gasteiger partial charge in [0.2, 0.25) is 5.91 Å². The molecule has 2 amide bonds. The number of carbonyl (C=O) groups excluding carboxylic acids is 3. The van der Waals surface area contributed by atoms with E-state index in [1.807, 2.05) is 0 Å². The van der Waals surface area contributed by atoms with Gasteiger partial charge in [-0.25, -0.2) is 0 Å². The van der Waals surface area contributed by atoms with E-state index >= 15 is 0 Å². The number of rotatable bonds is 4. The molecule has 0 radical (unpaired) electrons. The summed E-state index contributed by atoms with van der Waals surface area (Å²) in [6.45, 7) is 1.53. The molecule has 1 rings (SSSR count). The van der Waals surface area contributed by atoms with E-state index in [1.165, 1.54) is 24.9 Å². The lowest BCUT2D eigenvalue weighted by Crippen LogP contribution is -2.43. The minimum absolute atomic E-state index is 0.262. The average Bonchev–Trinajstić information content (AvgIpc) is 2.35. The molecule has 5 heteroatoms. The van der Waals surface area contributed by atoms with E-state index in [2.05, 4.69) is 0 Å². The van der Waals surface area contributed by atoms with Crippen LogP contribution in [0.25, 0.3) is 0 Å². The Labute approximate surface area is 99.2 Å². The predicted octanol–water partition coefficient (Wildman–Crippen LogP) is 0.445. The van der Waals surface area contributed by atoms with Crippen LogP contribution < -0.4 is 5.73 Å². The highest BCUT2D eigenvalue weighted by Gasteiger charge is 2.22. The Hall–Kier alpha value is -2.17. The second-order valence-corrected chi connectivity index (χ2v) is 3.70. The smallest absolute Gasteiger partial charge is 0.254 e. The van der Waals surface area contributed by atoms with Crippen LogP contribution in [0.2, 0.25) is 0 Å². The van der Waals surface area contributed by atoms with Crippen molar-refractivity contribution in [3.63, 3.8) is 0 Å². The van der Waals surface area contributed by atoms with Gasteiger partial charge in [0.05, 0.1) is 5.56 Å². The van der Waals surface area contributed by atoms with Crippen molar-refractivity contribution in [1.29, 1.82) is 0 Å². The van der Waals surface area contributed by atoms with Gasteiger partial charge >= 0.3 is 0 Å². The quantitative estimate of drug-likeness (QED) is 0.768. The molecule has 5 nitrogen and oxygen atoms in total. The first-order valence-corrected chi connectivity index (χ1v) is 5.09. The molecule has 2 N–H and O–H groups in total. The molecule has 90 valence electrons. The molecule has 0 heterocycles. The SMILES string of the molecule is CC(C(N)=O)N(C)C(=O)c1ccccc1C=O. The van der Waals surface area contributed by atoms with E-state index in [4.69, 9.17) is 5.73 Å². The van der Waals surface area contributed by atoms with Gasteiger partial charge in [-0.2, -0.15) is 0 Å². The van der Waals surface area contributed by atoms with Gasteiger partial charge < -0.3 is 10.6 Å². The van der Waals surface area contributed by atoms with Crippen molar-refractivity contribution in [1.82, 2.24) is 4.90 Å². The standard InChI is InChI=1S/C12H14N2O3/c1-8(11(13)16)14(2)12(17)10-6-4-3-5-9(10)7-15/h3-8H,1-2H3,(H2,13,16). The summed E-state index contributed by atoms with van der Waals surface area (Å²) in [6.07, 6.45) is 0.607. The lowest BCUT2D eigenvalue weighted by atomic mass is 10.1. The molecule has 1 aromatic carbocycles. The maximum Gasteiger partial charge on any atom is 0.254 e. The number of likely N-dealkylation sites (N-methyl/N-ethyl adjacent to an activating group) is 1. The molecule has 0 bridgehead atoms. The molecular weight excluding hydrogens is 220 g/mol. The Balaban J connectivity index is 3.04. The normalized spacial score (nSPS) is 11.6. The summed E-state index contributed by atoms with van der Waals surface area (Å²) in [4.78, 5) is 35.0. The van der Waals surface area contributed by atoms with Crippen LogP contribution in [0.5, 0.6) is 0 Å². The third kappa shape index (κ3) is 2.69. The van der Waals surface area contributed by atoms with Gasteiger partial charge in [0.15, 0.2) is 6.29 Å². The van der Waals surface area contributed by atoms with Crippen LogP contribution in [0, 0.1) is 0 Å². The van der Waals surface area contributed by atoms with Gasteiger partial charge in [0.25, 0.3) is 5.91 Å². The fourth-order valence-electron chi connectivity index (χ4n) is 1.35. The number of benzene rings is 1. The topological polar surface area (TPSA) is 80.5 Å². The maximum absolute atomic E-state index is 12.0. The van der Waals surface area contributed by atoms with Crippen LogP contribution in [-0.4, -0.2) is 36.1 Å². The number of nitrogens with zero attached hydrogens (tertiary/aromatic N) is 1. The van der Waals surface area contributed by atoms with Crippen molar-refractivity contribution in [2.24, 2.45) is 5.73 Å². The number of amides is 2. The third-order valence-electron chi connectivity index (χ3n) is 2.63. The van der Waals surface area contributed by atoms with Crippen LogP contribution >= 0.6 is 0 Å². The summed E-state index contributed by atoms with van der Waals surface area (Å²) < 4.78 is 0. The number of aldehydes is 1. The molecule has 17 heavy (non-hydrogen) atoms. The molecule has 0 aliphatic carbocycles. The van der Waals surface area contributed by atoms with Crippen LogP contribution in [0.15, 0.2) is 24.3 Å². The molecular formula is C12H14N2O3. The second-order valence-electron chi connectivity index (χ2n) is 3.70. The summed E-state index contributed by atoms with van der Waals surface area (Å²) in [5.74, 6) is -0.997. The fourth-order valence-corrected chi connectivity index (χ4v) is 1.35. The third-order valence-corrected chi connectivity index (χ3v) is 2.63. The molecule has 1 atom stereocenters. The van der Waals surface area contributed by atoms with Gasteiger partial charge in [-0.3, -0.25) is 14.4 Å². The summed E-state index contributed by atoms with van der Waals surface area (Å²) in [5, 5.41) is 0. The van der Waals surface area contributed by atoms with E-state index in [-0.39, 0.29) is 5.56 Å². The number of carbonyl (C=O) groups is 3. The summed E-state index contributed by atoms with van der Waals surface area (Å²) >= 11 is 0. The lowest BCUT2D eigenvalue weighted by Gasteiger charge is -2.22. The first-order chi connectivity index (χ1) is 7.99. The highest BCUT2D eigenvalue weighted by atomic mass is 16.2. The molecule has 0 aromatic heterocycles. The van der Waals surface area contributed by atoms with Crippen molar-refractivity contribution in [3.05, 3.63) is 35.4 Å². The van der Waals surface area contributed by atoms with Crippen LogP contribution in [0.3, 0.4) is 0 Å². The Morgan fingerprint density at radius 2 is 1.94 bits per heavy atom. The molecule has 0 spiro atoms. The predicted molar refractivity (Wildman–Crippen MR) is 62.6 cm³/mol. The minimum Gasteiger partial charge on any atom is -0.368 e. The fraction of sp³-hybridized carbons (Fsp3) is 0.250. The zero-order valence-corrected chi connectivity index (χ0v) is 9.71. The number of hydrogen-bond acceptors (Lipinski definition) is 3. The highest BCUT2D eigenvalue weighted by Crippen LogP contribution is 2.10. The van der Waals surface area contributed by atoms with Crippen LogP contribution in [-0.2, 0) is 4.79 Å². The van der Waals surface area contributed by atoms with Crippen molar-refractivity contribution in [2.75, 3.05) is 7.05 Å². The highest BCUT2D eigenvalue weighted by molar-refractivity contribution is 6.02. The van der Waals surface area contributed by atoms with E-state index < -0.39 is 17.9 Å². The minimum atomic E-state index is -0.720. The van der Waals surface area contributed by atoms with Crippen molar-refractivity contribution < 1.29 is 14.4 Å². The Morgan fingerprint density at radius 3 is 2.47 bits per heavy atom. The zero-order valence-electron chi connectivity index (χ0n) is 9.71. The van der Waals surface area contributed by atoms with Crippen LogP contribution in [0.4, 0.5) is 0 Å². The maximum atomic E-state index is 12.0. The molecule has 1 unspecified atom stereocenters. The Kier molecular flexibility index (Phi) is 3.98. The molecule has 1 aromatic rings. The summed E-state index contributed by atoms with van der Waals surface area (Å²) in [6, 6.07) is 5.68. The lowest BCUT2D eigenvalue weighted by molar-refractivity contribution is -0.121. The Bertz CT molecular complexity index is 457. The molecule has 0 aliphatic heterocycles. The first-order valence-electron chi connectivity index (χ1n) is 5.09. The first kappa shape index (κ1) is 12.9. The molecule has 0 saturated heterocycles. The van der Waals surface area contributed by atoms with Crippen molar-refractivity contribution >= 4 is 18.1 Å². The second kappa shape index (κ2) is 5.25. The molecule has 0 aliphatic rings. The average molecular weight is 234 g/mol. The zero-order chi connectivity index (χ0) is 13.0. The van der Waals surface area contributed by atoms with Gasteiger partial charge in [-0.05, 0) is 13.0 Å². The number of nitrogens with two attached hydrogens (primary N) is 1. The number of hydrogen-bond donors (Lipinski definition) is 1. The van der Waals surface area contributed by atoms with E-state index in [0.717, 1.165) is 0 Å². The van der Waals surface area contributed by atoms with E-state index in [0.29, 0.717) is 11.8 Å². The van der Waals surface area contributed by atoms with Crippen molar-refractivity contribution in [2.45, 2.75) is 13.0 Å². The summed E-state index contributed by atoms with van der Waals surface area (Å²) in [5.41, 5.74) is 5.68. The van der Waals surface area contributed by atoms with Crippen molar-refractivity contribution in [3.8, 4) is 0 Å². The molecule has 0 fully saturated rings. The summed E-state index contributed by atoms with van der Waals surface area (Å²) in [7, 11) is 1.47. The number of primary amides is 1. The van der Waals surface area contributed by atoms with E-state index in [1.54, 1.807) is 18.2 Å². The van der Waals surface area contributed by atoms with Gasteiger partial charge in [-0.1, -0.05) is 18.2 Å². The van der Waals surface area contributed by atoms with Gasteiger partial charge in [0.1, 0.15) is 6.04 Å². The van der Waals surface area contributed by atoms with Gasteiger partial charge in [-0.15, -0.1) is 0 Å². The Morgan fingerprint density at radius 1 is 1.35 bits per heavy atom. The monoisotopic (exact) mass is 234 g/mol. The van der Waals surface area contributed by atoms with Crippen LogP contribution in [0.1, 0.15) is 27.6 Å².